The molecule has 0 aliphatic carbocycles. The van der Waals surface area contributed by atoms with Gasteiger partial charge in [-0.25, -0.2) is 5.84 Å². The smallest absolute Gasteiger partial charge is 0.210 e. The minimum atomic E-state index is 0.296. The highest BCUT2D eigenvalue weighted by Gasteiger charge is 1.97. The summed E-state index contributed by atoms with van der Waals surface area (Å²) in [5, 5.41) is 3.12. The minimum Gasteiger partial charge on any atom is -0.379 e. The lowest BCUT2D eigenvalue weighted by Crippen LogP contribution is -2.36. The second-order valence-corrected chi connectivity index (χ2v) is 4.49. The Morgan fingerprint density at radius 3 is 2.63 bits per heavy atom. The molecule has 0 radical (unpaired) electrons. The largest absolute Gasteiger partial charge is 0.379 e. The quantitative estimate of drug-likeness (QED) is 0.232. The molecule has 0 unspecified atom stereocenters. The number of hydrogen-bond donors (Lipinski definition) is 3. The molecule has 0 saturated heterocycles. The fourth-order valence-corrected chi connectivity index (χ4v) is 1.50. The summed E-state index contributed by atoms with van der Waals surface area (Å²) in [7, 11) is 0. The van der Waals surface area contributed by atoms with Crippen LogP contribution in [0.3, 0.4) is 0 Å². The number of rotatable bonds is 7. The fraction of sp³-hybridized carbons (Fsp3) is 0.500. The second kappa shape index (κ2) is 9.35. The number of nitrogens with one attached hydrogen (secondary N) is 2. The first-order chi connectivity index (χ1) is 9.22. The first-order valence-electron chi connectivity index (χ1n) is 6.67. The van der Waals surface area contributed by atoms with E-state index in [1.54, 1.807) is 0 Å². The Morgan fingerprint density at radius 2 is 2.00 bits per heavy atom. The van der Waals surface area contributed by atoms with E-state index in [9.17, 15) is 0 Å². The molecule has 0 heterocycles. The van der Waals surface area contributed by atoms with Gasteiger partial charge >= 0.3 is 0 Å². The number of aliphatic imine (C=N–C) groups is 1. The molecular formula is C14H24N4O. The highest BCUT2D eigenvalue weighted by molar-refractivity contribution is 5.93. The molecule has 0 aliphatic heterocycles. The van der Waals surface area contributed by atoms with Crippen LogP contribution in [0, 0.1) is 0 Å². The van der Waals surface area contributed by atoms with Gasteiger partial charge in [-0.1, -0.05) is 18.2 Å². The van der Waals surface area contributed by atoms with Gasteiger partial charge in [0.1, 0.15) is 0 Å². The van der Waals surface area contributed by atoms with E-state index in [2.05, 4.69) is 15.7 Å². The van der Waals surface area contributed by atoms with E-state index >= 15 is 0 Å². The lowest BCUT2D eigenvalue weighted by atomic mass is 10.3. The Hall–Kier alpha value is -1.59. The summed E-state index contributed by atoms with van der Waals surface area (Å²) in [6.45, 7) is 5.59. The second-order valence-electron chi connectivity index (χ2n) is 4.49. The van der Waals surface area contributed by atoms with Gasteiger partial charge in [0.15, 0.2) is 0 Å². The van der Waals surface area contributed by atoms with Crippen molar-refractivity contribution in [1.29, 1.82) is 0 Å². The molecule has 0 bridgehead atoms. The summed E-state index contributed by atoms with van der Waals surface area (Å²) in [6.07, 6.45) is 2.28. The summed E-state index contributed by atoms with van der Waals surface area (Å²) < 4.78 is 5.47. The maximum absolute atomic E-state index is 5.47. The fourth-order valence-electron chi connectivity index (χ4n) is 1.50. The van der Waals surface area contributed by atoms with Gasteiger partial charge in [-0.15, -0.1) is 0 Å². The molecule has 1 aromatic carbocycles. The van der Waals surface area contributed by atoms with E-state index in [4.69, 9.17) is 10.6 Å². The normalized spacial score (nSPS) is 11.7. The van der Waals surface area contributed by atoms with Crippen LogP contribution in [-0.4, -0.2) is 25.2 Å². The first-order valence-corrected chi connectivity index (χ1v) is 6.67. The molecule has 0 aliphatic rings. The topological polar surface area (TPSA) is 71.7 Å². The van der Waals surface area contributed by atoms with Crippen LogP contribution < -0.4 is 16.6 Å². The van der Waals surface area contributed by atoms with Crippen molar-refractivity contribution in [2.75, 3.05) is 18.5 Å². The number of hydrazine groups is 1. The van der Waals surface area contributed by atoms with Crippen molar-refractivity contribution >= 4 is 11.6 Å². The third-order valence-electron chi connectivity index (χ3n) is 2.45. The van der Waals surface area contributed by atoms with E-state index in [0.717, 1.165) is 31.7 Å². The maximum Gasteiger partial charge on any atom is 0.210 e. The number of anilines is 1. The van der Waals surface area contributed by atoms with Gasteiger partial charge in [0, 0.05) is 18.8 Å². The first kappa shape index (κ1) is 15.5. The molecule has 19 heavy (non-hydrogen) atoms. The molecule has 5 heteroatoms. The van der Waals surface area contributed by atoms with Crippen LogP contribution in [0.15, 0.2) is 35.3 Å². The van der Waals surface area contributed by atoms with Crippen LogP contribution >= 0.6 is 0 Å². The molecule has 0 aromatic heterocycles. The number of nitrogens with two attached hydrogens (primary N) is 1. The number of benzene rings is 1. The van der Waals surface area contributed by atoms with Gasteiger partial charge in [-0.05, 0) is 38.8 Å². The van der Waals surface area contributed by atoms with Crippen LogP contribution in [0.4, 0.5) is 5.69 Å². The van der Waals surface area contributed by atoms with Crippen LogP contribution in [-0.2, 0) is 4.74 Å². The predicted molar refractivity (Wildman–Crippen MR) is 80.0 cm³/mol. The van der Waals surface area contributed by atoms with Crippen LogP contribution in [0.5, 0.6) is 0 Å². The van der Waals surface area contributed by atoms with Gasteiger partial charge < -0.3 is 10.1 Å². The molecule has 0 atom stereocenters. The zero-order chi connectivity index (χ0) is 13.9. The monoisotopic (exact) mass is 264 g/mol. The number of hydrogen-bond acceptors (Lipinski definition) is 3. The van der Waals surface area contributed by atoms with Crippen LogP contribution in [0.2, 0.25) is 0 Å². The Labute approximate surface area is 115 Å². The third kappa shape index (κ3) is 7.43. The summed E-state index contributed by atoms with van der Waals surface area (Å²) in [5.41, 5.74) is 3.53. The Morgan fingerprint density at radius 1 is 1.26 bits per heavy atom. The standard InChI is InChI=1S/C14H24N4O/c1-12(2)19-11-7-6-10-16-14(18-15)17-13-8-4-3-5-9-13/h3-5,8-9,12H,6-7,10-11,15H2,1-2H3,(H2,16,17,18). The third-order valence-corrected chi connectivity index (χ3v) is 2.45. The summed E-state index contributed by atoms with van der Waals surface area (Å²) in [4.78, 5) is 4.37. The van der Waals surface area contributed by atoms with Crippen molar-refractivity contribution in [3.05, 3.63) is 30.3 Å². The number of nitrogens with zero attached hydrogens (tertiary/aromatic N) is 1. The highest BCUT2D eigenvalue weighted by Crippen LogP contribution is 2.04. The van der Waals surface area contributed by atoms with Crippen molar-refractivity contribution in [2.45, 2.75) is 32.8 Å². The predicted octanol–water partition coefficient (Wildman–Crippen LogP) is 2.12. The molecule has 0 spiro atoms. The average Bonchev–Trinajstić information content (AvgIpc) is 2.42. The summed E-state index contributed by atoms with van der Waals surface area (Å²) >= 11 is 0. The number of para-hydroxylation sites is 1. The molecule has 1 aromatic rings. The molecule has 0 saturated carbocycles. The molecule has 0 amide bonds. The number of guanidine groups is 1. The minimum absolute atomic E-state index is 0.296. The highest BCUT2D eigenvalue weighted by atomic mass is 16.5. The SMILES string of the molecule is CC(C)OCCCCN=C(NN)Nc1ccccc1. The van der Waals surface area contributed by atoms with Crippen LogP contribution in [0.25, 0.3) is 0 Å². The van der Waals surface area contributed by atoms with E-state index in [-0.39, 0.29) is 0 Å². The average molecular weight is 264 g/mol. The number of unbranched alkanes of at least 4 members (excludes halogenated alkanes) is 1. The van der Waals surface area contributed by atoms with Crippen molar-refractivity contribution in [3.8, 4) is 0 Å². The van der Waals surface area contributed by atoms with Gasteiger partial charge in [0.05, 0.1) is 6.10 Å². The molecule has 0 fully saturated rings. The summed E-state index contributed by atoms with van der Waals surface area (Å²) in [5.74, 6) is 6.01. The lowest BCUT2D eigenvalue weighted by molar-refractivity contribution is 0.0764. The molecular weight excluding hydrogens is 240 g/mol. The van der Waals surface area contributed by atoms with E-state index in [1.807, 2.05) is 44.2 Å². The van der Waals surface area contributed by atoms with Crippen molar-refractivity contribution in [1.82, 2.24) is 5.43 Å². The van der Waals surface area contributed by atoms with Gasteiger partial charge in [-0.2, -0.15) is 0 Å². The lowest BCUT2D eigenvalue weighted by Gasteiger charge is -2.09. The van der Waals surface area contributed by atoms with Crippen LogP contribution in [0.1, 0.15) is 26.7 Å². The van der Waals surface area contributed by atoms with Crippen molar-refractivity contribution in [3.63, 3.8) is 0 Å². The van der Waals surface area contributed by atoms with E-state index in [1.165, 1.54) is 0 Å². The Bertz CT molecular complexity index is 365. The zero-order valence-corrected chi connectivity index (χ0v) is 11.7. The van der Waals surface area contributed by atoms with Crippen molar-refractivity contribution < 1.29 is 4.74 Å². The molecule has 5 nitrogen and oxygen atoms in total. The molecule has 106 valence electrons. The zero-order valence-electron chi connectivity index (χ0n) is 11.7. The molecule has 4 N–H and O–H groups in total. The van der Waals surface area contributed by atoms with Gasteiger partial charge in [0.2, 0.25) is 5.96 Å². The van der Waals surface area contributed by atoms with Gasteiger partial charge in [-0.3, -0.25) is 10.4 Å². The maximum atomic E-state index is 5.47. The van der Waals surface area contributed by atoms with Gasteiger partial charge in [0.25, 0.3) is 0 Å². The summed E-state index contributed by atoms with van der Waals surface area (Å²) in [6, 6.07) is 9.80. The number of ether oxygens (including phenoxy) is 1. The van der Waals surface area contributed by atoms with E-state index < -0.39 is 0 Å². The molecule has 1 rings (SSSR count). The van der Waals surface area contributed by atoms with E-state index in [0.29, 0.717) is 12.1 Å². The van der Waals surface area contributed by atoms with Crippen molar-refractivity contribution in [2.24, 2.45) is 10.8 Å². The Kier molecular flexibility index (Phi) is 7.62. The Balaban J connectivity index is 2.25.